The van der Waals surface area contributed by atoms with Crippen LogP contribution in [-0.2, 0) is 11.8 Å². The van der Waals surface area contributed by atoms with Crippen molar-refractivity contribution in [3.05, 3.63) is 168 Å². The zero-order chi connectivity index (χ0) is 46.6. The smallest absolute Gasteiger partial charge is 0.149 e. The van der Waals surface area contributed by atoms with Crippen molar-refractivity contribution in [1.29, 1.82) is 0 Å². The van der Waals surface area contributed by atoms with E-state index in [-0.39, 0.29) is 52.7 Å². The molecule has 1 N–H and O–H groups in total. The lowest BCUT2D eigenvalue weighted by Gasteiger charge is -2.22. The molecule has 60 heavy (non-hydrogen) atoms. The van der Waals surface area contributed by atoms with Gasteiger partial charge in [0.2, 0.25) is 0 Å². The summed E-state index contributed by atoms with van der Waals surface area (Å²) in [7, 11) is 0. The number of fused-ring (bicyclic) bond motifs is 1. The Hall–Kier alpha value is -6.26. The van der Waals surface area contributed by atoms with Crippen LogP contribution in [0.5, 0.6) is 5.75 Å². The van der Waals surface area contributed by atoms with Gasteiger partial charge in [-0.2, -0.15) is 0 Å². The largest absolute Gasteiger partial charge is 0.507 e. The number of hydrogen-bond donors (Lipinski definition) is 1. The van der Waals surface area contributed by atoms with Gasteiger partial charge in [0.05, 0.1) is 29.1 Å². The van der Waals surface area contributed by atoms with Crippen LogP contribution >= 0.6 is 0 Å². The molecule has 0 aliphatic rings. The number of nitrogens with zero attached hydrogens (tertiary/aromatic N) is 3. The quantitative estimate of drug-likeness (QED) is 0.150. The molecule has 4 nitrogen and oxygen atoms in total. The van der Waals surface area contributed by atoms with E-state index in [1.54, 1.807) is 18.3 Å². The van der Waals surface area contributed by atoms with Crippen LogP contribution in [0, 0.1) is 5.92 Å². The third kappa shape index (κ3) is 8.04. The molecule has 0 bridgehead atoms. The van der Waals surface area contributed by atoms with Crippen LogP contribution in [0.2, 0.25) is 0 Å². The van der Waals surface area contributed by atoms with Gasteiger partial charge in [-0.05, 0) is 128 Å². The molecule has 0 atom stereocenters. The number of para-hydroxylation sites is 1. The lowest BCUT2D eigenvalue weighted by Crippen LogP contribution is -2.11. The van der Waals surface area contributed by atoms with Crippen molar-refractivity contribution in [1.82, 2.24) is 14.5 Å². The van der Waals surface area contributed by atoms with Crippen LogP contribution in [0.1, 0.15) is 103 Å². The zero-order valence-corrected chi connectivity index (χ0v) is 36.2. The number of aromatic nitrogens is 3. The molecule has 6 aromatic carbocycles. The molecule has 2 aromatic heterocycles. The van der Waals surface area contributed by atoms with Crippen LogP contribution in [0.4, 0.5) is 0 Å². The van der Waals surface area contributed by atoms with Crippen molar-refractivity contribution >= 4 is 11.0 Å². The number of phenolic OH excluding ortho intramolecular Hbond substituents is 1. The molecule has 8 aromatic rings. The molecule has 0 saturated carbocycles. The Kier molecular flexibility index (Phi) is 9.46. The third-order valence-corrected chi connectivity index (χ3v) is 11.4. The second-order valence-electron chi connectivity index (χ2n) is 18.0. The van der Waals surface area contributed by atoms with Crippen LogP contribution in [0.25, 0.3) is 72.7 Å². The van der Waals surface area contributed by atoms with Crippen molar-refractivity contribution < 1.29 is 12.0 Å². The van der Waals surface area contributed by atoms with Gasteiger partial charge in [-0.25, -0.2) is 4.98 Å². The van der Waals surface area contributed by atoms with Gasteiger partial charge in [0.25, 0.3) is 0 Å². The van der Waals surface area contributed by atoms with Crippen LogP contribution in [0.3, 0.4) is 0 Å². The monoisotopic (exact) mass is 792 g/mol. The summed E-state index contributed by atoms with van der Waals surface area (Å²) in [5, 5.41) is 12.2. The fraction of sp³-hybridized carbons (Fsp3) is 0.250. The summed E-state index contributed by atoms with van der Waals surface area (Å²) in [5.41, 5.74) is 13.6. The number of benzene rings is 6. The van der Waals surface area contributed by atoms with Crippen molar-refractivity contribution in [2.75, 3.05) is 0 Å². The Morgan fingerprint density at radius 3 is 2.10 bits per heavy atom. The maximum absolute atomic E-state index is 12.2. The van der Waals surface area contributed by atoms with Gasteiger partial charge in [-0.3, -0.25) is 9.55 Å². The molecule has 8 rings (SSSR count). The van der Waals surface area contributed by atoms with Gasteiger partial charge in [0.15, 0.2) is 0 Å². The molecule has 0 amide bonds. The summed E-state index contributed by atoms with van der Waals surface area (Å²) in [6.45, 7) is 19.6. The van der Waals surface area contributed by atoms with Crippen LogP contribution < -0.4 is 0 Å². The minimum Gasteiger partial charge on any atom is -0.507 e. The first kappa shape index (κ1) is 34.6. The first-order valence-corrected chi connectivity index (χ1v) is 21.1. The Labute approximate surface area is 363 Å². The maximum Gasteiger partial charge on any atom is 0.149 e. The molecule has 2 heterocycles. The summed E-state index contributed by atoms with van der Waals surface area (Å²) in [6, 6.07) is 35.9. The molecule has 0 unspecified atom stereocenters. The Bertz CT molecular complexity index is 3080. The van der Waals surface area contributed by atoms with Gasteiger partial charge >= 0.3 is 0 Å². The molecule has 302 valence electrons. The average Bonchev–Trinajstić information content (AvgIpc) is 3.67. The van der Waals surface area contributed by atoms with E-state index in [1.165, 1.54) is 16.7 Å². The molecular weight excluding hydrogens is 731 g/mol. The fourth-order valence-corrected chi connectivity index (χ4v) is 8.13. The molecule has 0 saturated heterocycles. The Morgan fingerprint density at radius 2 is 1.40 bits per heavy atom. The van der Waals surface area contributed by atoms with Crippen molar-refractivity contribution in [3.63, 3.8) is 0 Å². The summed E-state index contributed by atoms with van der Waals surface area (Å²) in [5.74, 6) is 1.59. The van der Waals surface area contributed by atoms with Crippen molar-refractivity contribution in [2.45, 2.75) is 86.0 Å². The lowest BCUT2D eigenvalue weighted by atomic mass is 9.83. The van der Waals surface area contributed by atoms with Crippen molar-refractivity contribution in [3.8, 4) is 67.5 Å². The van der Waals surface area contributed by atoms with Gasteiger partial charge in [-0.1, -0.05) is 153 Å². The van der Waals surface area contributed by atoms with Gasteiger partial charge < -0.3 is 5.11 Å². The predicted molar refractivity (Wildman–Crippen MR) is 253 cm³/mol. The normalized spacial score (nSPS) is 13.2. The zero-order valence-electron chi connectivity index (χ0n) is 41.2. The molecule has 0 aliphatic heterocycles. The summed E-state index contributed by atoms with van der Waals surface area (Å²) in [6.07, 6.45) is 2.51. The second kappa shape index (κ2) is 16.4. The van der Waals surface area contributed by atoms with Gasteiger partial charge in [-0.15, -0.1) is 0 Å². The van der Waals surface area contributed by atoms with E-state index >= 15 is 0 Å². The molecular formula is C56H57N3O. The minimum atomic E-state index is -0.427. The van der Waals surface area contributed by atoms with Crippen molar-refractivity contribution in [2.24, 2.45) is 5.92 Å². The highest BCUT2D eigenvalue weighted by molar-refractivity contribution is 5.97. The standard InChI is InChI=1S/C56H57N3O/c1-35(2)27-42-31-46(23-24-47(42)39-19-14-11-15-20-39)59-52-22-16-21-48(53(52)58-55(59)50-33-41(36(3)4)32-49(37(5)6)54(50)60)43-28-44(30-45(29-43)56(7,8)9)51-34-40(25-26-57-51)38-17-12-10-13-18-38/h10-26,28-37,60H,27H2,1-9H3/i10D,12D,13D,17D,18D. The van der Waals surface area contributed by atoms with E-state index in [0.717, 1.165) is 56.5 Å². The topological polar surface area (TPSA) is 50.9 Å². The number of phenols is 1. The lowest BCUT2D eigenvalue weighted by molar-refractivity contribution is 0.466. The molecule has 0 radical (unpaired) electrons. The van der Waals surface area contributed by atoms with E-state index < -0.39 is 6.04 Å². The highest BCUT2D eigenvalue weighted by atomic mass is 16.3. The first-order valence-electron chi connectivity index (χ1n) is 23.6. The summed E-state index contributed by atoms with van der Waals surface area (Å²) in [4.78, 5) is 10.3. The molecule has 0 aliphatic carbocycles. The molecule has 4 heteroatoms. The highest BCUT2D eigenvalue weighted by Crippen LogP contribution is 2.44. The number of aromatic hydroxyl groups is 1. The van der Waals surface area contributed by atoms with Crippen LogP contribution in [0.15, 0.2) is 146 Å². The van der Waals surface area contributed by atoms with Crippen LogP contribution in [-0.4, -0.2) is 19.6 Å². The highest BCUT2D eigenvalue weighted by Gasteiger charge is 2.25. The predicted octanol–water partition coefficient (Wildman–Crippen LogP) is 15.2. The van der Waals surface area contributed by atoms with E-state index in [2.05, 4.69) is 158 Å². The number of pyridine rings is 1. The van der Waals surface area contributed by atoms with E-state index in [0.29, 0.717) is 28.6 Å². The van der Waals surface area contributed by atoms with E-state index in [9.17, 15) is 5.11 Å². The maximum atomic E-state index is 12.2. The van der Waals surface area contributed by atoms with E-state index in [1.807, 2.05) is 6.07 Å². The average molecular weight is 793 g/mol. The second-order valence-corrected chi connectivity index (χ2v) is 18.0. The third-order valence-electron chi connectivity index (χ3n) is 11.4. The Morgan fingerprint density at radius 1 is 0.650 bits per heavy atom. The SMILES string of the molecule is [2H]c1c([2H])c([2H])c(-c2ccnc(-c3cc(-c4cccc5c4nc(-c4cc(C(C)C)cc(C(C)C)c4O)n5-c4ccc(-c5ccccc5)c(CC(C)C)c4)cc(C(C)(C)C)c3)c2)c([2H])c1[2H]. The summed E-state index contributed by atoms with van der Waals surface area (Å²) < 4.78 is 44.4. The fourth-order valence-electron chi connectivity index (χ4n) is 8.13. The van der Waals surface area contributed by atoms with Gasteiger partial charge in [0, 0.05) is 23.0 Å². The number of imidazole rings is 1. The molecule has 0 fully saturated rings. The van der Waals surface area contributed by atoms with E-state index in [4.69, 9.17) is 16.8 Å². The molecule has 0 spiro atoms. The summed E-state index contributed by atoms with van der Waals surface area (Å²) >= 11 is 0. The minimum absolute atomic E-state index is 0.0785. The van der Waals surface area contributed by atoms with Gasteiger partial charge in [0.1, 0.15) is 11.6 Å². The Balaban J connectivity index is 1.40. The number of rotatable bonds is 10. The first-order chi connectivity index (χ1) is 30.8. The number of hydrogen-bond acceptors (Lipinski definition) is 3.